The second-order valence-electron chi connectivity index (χ2n) is 4.76. The fourth-order valence-corrected chi connectivity index (χ4v) is 3.13. The van der Waals surface area contributed by atoms with Crippen molar-refractivity contribution < 1.29 is 4.79 Å². The molecule has 0 aromatic carbocycles. The molecule has 2 N–H and O–H groups in total. The van der Waals surface area contributed by atoms with Crippen LogP contribution in [-0.2, 0) is 4.79 Å². The van der Waals surface area contributed by atoms with Crippen molar-refractivity contribution in [1.82, 2.24) is 0 Å². The summed E-state index contributed by atoms with van der Waals surface area (Å²) in [6.45, 7) is 4.61. The Morgan fingerprint density at radius 3 is 2.86 bits per heavy atom. The molecule has 0 amide bonds. The number of Topliss-reactive ketones (excluding diaryl/α,β-unsaturated/α-hetero) is 1. The Balaban J connectivity index is 2.11. The topological polar surface area (TPSA) is 43.1 Å². The van der Waals surface area contributed by atoms with E-state index in [1.807, 2.05) is 0 Å². The van der Waals surface area contributed by atoms with Crippen LogP contribution in [-0.4, -0.2) is 12.3 Å². The highest BCUT2D eigenvalue weighted by atomic mass is 16.1. The molecule has 3 atom stereocenters. The molecular formula is C12H19NO. The van der Waals surface area contributed by atoms with Crippen LogP contribution in [0.15, 0.2) is 12.2 Å². The number of nitrogens with two attached hydrogens (primary N) is 1. The van der Waals surface area contributed by atoms with Gasteiger partial charge in [-0.2, -0.15) is 0 Å². The Kier molecular flexibility index (Phi) is 2.73. The van der Waals surface area contributed by atoms with E-state index >= 15 is 0 Å². The third-order valence-electron chi connectivity index (χ3n) is 3.93. The van der Waals surface area contributed by atoms with Gasteiger partial charge in [-0.15, -0.1) is 0 Å². The van der Waals surface area contributed by atoms with Gasteiger partial charge in [0.1, 0.15) is 5.78 Å². The molecule has 0 radical (unpaired) electrons. The van der Waals surface area contributed by atoms with Gasteiger partial charge in [-0.1, -0.05) is 12.2 Å². The first kappa shape index (κ1) is 9.91. The van der Waals surface area contributed by atoms with Crippen molar-refractivity contribution in [1.29, 1.82) is 0 Å². The molecule has 0 saturated heterocycles. The average molecular weight is 193 g/mol. The average Bonchev–Trinajstić information content (AvgIpc) is 2.18. The van der Waals surface area contributed by atoms with E-state index in [0.717, 1.165) is 32.1 Å². The summed E-state index contributed by atoms with van der Waals surface area (Å²) in [7, 11) is 0. The van der Waals surface area contributed by atoms with Gasteiger partial charge in [0.25, 0.3) is 0 Å². The van der Waals surface area contributed by atoms with Crippen LogP contribution in [0.1, 0.15) is 32.1 Å². The molecule has 2 saturated carbocycles. The van der Waals surface area contributed by atoms with E-state index in [1.165, 1.54) is 5.57 Å². The molecular weight excluding hydrogens is 174 g/mol. The highest BCUT2D eigenvalue weighted by Crippen LogP contribution is 2.43. The minimum Gasteiger partial charge on any atom is -0.330 e. The molecule has 0 unspecified atom stereocenters. The summed E-state index contributed by atoms with van der Waals surface area (Å²) in [6, 6.07) is 0. The minimum absolute atomic E-state index is 0.154. The van der Waals surface area contributed by atoms with E-state index in [2.05, 4.69) is 6.58 Å². The van der Waals surface area contributed by atoms with E-state index in [0.29, 0.717) is 24.2 Å². The van der Waals surface area contributed by atoms with E-state index in [4.69, 9.17) is 5.73 Å². The van der Waals surface area contributed by atoms with E-state index in [-0.39, 0.29) is 5.92 Å². The summed E-state index contributed by atoms with van der Waals surface area (Å²) in [5, 5.41) is 0. The zero-order valence-corrected chi connectivity index (χ0v) is 8.67. The Labute approximate surface area is 85.6 Å². The number of allylic oxidation sites excluding steroid dienone is 1. The zero-order chi connectivity index (χ0) is 10.1. The monoisotopic (exact) mass is 193 g/mol. The van der Waals surface area contributed by atoms with Crippen LogP contribution >= 0.6 is 0 Å². The van der Waals surface area contributed by atoms with E-state index < -0.39 is 0 Å². The lowest BCUT2D eigenvalue weighted by molar-refractivity contribution is -0.128. The standard InChI is InChI=1S/C12H19NO/c1-8-2-4-10-9(6-8)3-5-12(14)11(10)7-13/h9-11H,1-7,13H2/t9-,10-,11+/m1/s1. The van der Waals surface area contributed by atoms with Crippen molar-refractivity contribution in [2.45, 2.75) is 32.1 Å². The maximum absolute atomic E-state index is 11.7. The highest BCUT2D eigenvalue weighted by molar-refractivity contribution is 5.82. The maximum Gasteiger partial charge on any atom is 0.137 e. The zero-order valence-electron chi connectivity index (χ0n) is 8.67. The number of hydrogen-bond donors (Lipinski definition) is 1. The van der Waals surface area contributed by atoms with Crippen molar-refractivity contribution in [2.75, 3.05) is 6.54 Å². The molecule has 2 aliphatic rings. The Hall–Kier alpha value is -0.630. The van der Waals surface area contributed by atoms with Crippen LogP contribution in [0.3, 0.4) is 0 Å². The molecule has 0 aromatic rings. The normalized spacial score (nSPS) is 38.2. The predicted molar refractivity (Wildman–Crippen MR) is 56.8 cm³/mol. The van der Waals surface area contributed by atoms with E-state index in [1.54, 1.807) is 0 Å². The largest absolute Gasteiger partial charge is 0.330 e. The van der Waals surface area contributed by atoms with Crippen LogP contribution in [0.4, 0.5) is 0 Å². The smallest absolute Gasteiger partial charge is 0.137 e. The lowest BCUT2D eigenvalue weighted by atomic mass is 9.64. The van der Waals surface area contributed by atoms with Gasteiger partial charge in [-0.25, -0.2) is 0 Å². The van der Waals surface area contributed by atoms with Gasteiger partial charge in [0, 0.05) is 18.9 Å². The summed E-state index contributed by atoms with van der Waals surface area (Å²) >= 11 is 0. The highest BCUT2D eigenvalue weighted by Gasteiger charge is 2.39. The number of rotatable bonds is 1. The molecule has 0 heterocycles. The van der Waals surface area contributed by atoms with Crippen molar-refractivity contribution in [2.24, 2.45) is 23.5 Å². The van der Waals surface area contributed by atoms with Crippen LogP contribution in [0.2, 0.25) is 0 Å². The Bertz CT molecular complexity index is 259. The molecule has 0 aromatic heterocycles. The molecule has 2 heteroatoms. The Morgan fingerprint density at radius 2 is 2.14 bits per heavy atom. The van der Waals surface area contributed by atoms with Crippen molar-refractivity contribution in [3.63, 3.8) is 0 Å². The first-order valence-electron chi connectivity index (χ1n) is 5.61. The lowest BCUT2D eigenvalue weighted by Gasteiger charge is -2.40. The van der Waals surface area contributed by atoms with Gasteiger partial charge in [0.2, 0.25) is 0 Å². The van der Waals surface area contributed by atoms with Crippen LogP contribution < -0.4 is 5.73 Å². The summed E-state index contributed by atoms with van der Waals surface area (Å²) in [6.07, 6.45) is 5.19. The van der Waals surface area contributed by atoms with Crippen molar-refractivity contribution >= 4 is 5.78 Å². The Morgan fingerprint density at radius 1 is 1.36 bits per heavy atom. The van der Waals surface area contributed by atoms with Gasteiger partial charge in [-0.05, 0) is 37.5 Å². The van der Waals surface area contributed by atoms with Crippen LogP contribution in [0.25, 0.3) is 0 Å². The van der Waals surface area contributed by atoms with Gasteiger partial charge in [-0.3, -0.25) is 4.79 Å². The van der Waals surface area contributed by atoms with Gasteiger partial charge in [0.15, 0.2) is 0 Å². The van der Waals surface area contributed by atoms with Crippen LogP contribution in [0.5, 0.6) is 0 Å². The van der Waals surface area contributed by atoms with Crippen molar-refractivity contribution in [3.05, 3.63) is 12.2 Å². The molecule has 2 rings (SSSR count). The molecule has 2 fully saturated rings. The van der Waals surface area contributed by atoms with E-state index in [9.17, 15) is 4.79 Å². The molecule has 0 bridgehead atoms. The van der Waals surface area contributed by atoms with Gasteiger partial charge >= 0.3 is 0 Å². The molecule has 2 aliphatic carbocycles. The number of fused-ring (bicyclic) bond motifs is 1. The molecule has 0 aliphatic heterocycles. The number of hydrogen-bond acceptors (Lipinski definition) is 2. The minimum atomic E-state index is 0.154. The molecule has 78 valence electrons. The first-order valence-corrected chi connectivity index (χ1v) is 5.61. The fraction of sp³-hybridized carbons (Fsp3) is 0.750. The molecule has 14 heavy (non-hydrogen) atoms. The number of carbonyl (C=O) groups is 1. The van der Waals surface area contributed by atoms with Crippen LogP contribution in [0, 0.1) is 17.8 Å². The molecule has 0 spiro atoms. The quantitative estimate of drug-likeness (QED) is 0.646. The van der Waals surface area contributed by atoms with Crippen molar-refractivity contribution in [3.8, 4) is 0 Å². The number of carbonyl (C=O) groups excluding carboxylic acids is 1. The SMILES string of the molecule is C=C1CC[C@@H]2[C@H](CCC(=O)[C@H]2CN)C1. The summed E-state index contributed by atoms with van der Waals surface area (Å²) in [4.78, 5) is 11.7. The molecule has 2 nitrogen and oxygen atoms in total. The first-order chi connectivity index (χ1) is 6.72. The van der Waals surface area contributed by atoms with Gasteiger partial charge < -0.3 is 5.73 Å². The summed E-state index contributed by atoms with van der Waals surface area (Å²) in [5.41, 5.74) is 7.06. The number of ketones is 1. The second-order valence-corrected chi connectivity index (χ2v) is 4.76. The third kappa shape index (κ3) is 1.63. The second kappa shape index (κ2) is 3.85. The lowest BCUT2D eigenvalue weighted by Crippen LogP contribution is -2.41. The predicted octanol–water partition coefficient (Wildman–Crippen LogP) is 1.90. The summed E-state index contributed by atoms with van der Waals surface area (Å²) < 4.78 is 0. The summed E-state index contributed by atoms with van der Waals surface area (Å²) in [5.74, 6) is 1.82. The third-order valence-corrected chi connectivity index (χ3v) is 3.93. The fourth-order valence-electron chi connectivity index (χ4n) is 3.13. The maximum atomic E-state index is 11.7. The van der Waals surface area contributed by atoms with Gasteiger partial charge in [0.05, 0.1) is 0 Å².